The third-order valence-electron chi connectivity index (χ3n) is 4.73. The zero-order chi connectivity index (χ0) is 22.2. The third kappa shape index (κ3) is 3.77. The number of nitrogens with one attached hydrogen (secondary N) is 2. The van der Waals surface area contributed by atoms with Crippen LogP contribution in [-0.4, -0.2) is 39.3 Å². The molecule has 2 aromatic carbocycles. The van der Waals surface area contributed by atoms with Gasteiger partial charge in [0.25, 0.3) is 5.91 Å². The van der Waals surface area contributed by atoms with E-state index in [0.717, 1.165) is 22.6 Å². The van der Waals surface area contributed by atoms with Crippen LogP contribution in [0.25, 0.3) is 0 Å². The topological polar surface area (TPSA) is 142 Å². The predicted molar refractivity (Wildman–Crippen MR) is 107 cm³/mol. The lowest BCUT2D eigenvalue weighted by Gasteiger charge is -2.22. The van der Waals surface area contributed by atoms with Gasteiger partial charge < -0.3 is 15.7 Å². The first-order valence-corrected chi connectivity index (χ1v) is 9.08. The molecule has 1 aliphatic heterocycles. The van der Waals surface area contributed by atoms with E-state index in [1.807, 2.05) is 6.92 Å². The van der Waals surface area contributed by atoms with Crippen molar-refractivity contribution in [2.75, 3.05) is 11.9 Å². The molecule has 1 fully saturated rings. The van der Waals surface area contributed by atoms with Crippen LogP contribution < -0.4 is 10.6 Å². The Kier molecular flexibility index (Phi) is 5.36. The molecule has 1 heterocycles. The first kappa shape index (κ1) is 21.1. The average Bonchev–Trinajstić information content (AvgIpc) is 2.88. The number of nitro benzene ring substituents is 1. The molecule has 0 spiro atoms. The van der Waals surface area contributed by atoms with Gasteiger partial charge in [0.1, 0.15) is 12.1 Å². The van der Waals surface area contributed by atoms with Crippen LogP contribution in [0.3, 0.4) is 0 Å². The Morgan fingerprint density at radius 2 is 1.93 bits per heavy atom. The van der Waals surface area contributed by atoms with Crippen molar-refractivity contribution in [1.82, 2.24) is 10.2 Å². The Morgan fingerprint density at radius 1 is 1.30 bits per heavy atom. The van der Waals surface area contributed by atoms with Crippen molar-refractivity contribution in [2.45, 2.75) is 19.4 Å². The summed E-state index contributed by atoms with van der Waals surface area (Å²) < 4.78 is 0. The van der Waals surface area contributed by atoms with Gasteiger partial charge in [-0.1, -0.05) is 41.4 Å². The Morgan fingerprint density at radius 3 is 2.53 bits per heavy atom. The number of nitrogens with zero attached hydrogens (tertiary/aromatic N) is 2. The van der Waals surface area contributed by atoms with Crippen LogP contribution in [0.2, 0.25) is 5.02 Å². The van der Waals surface area contributed by atoms with Gasteiger partial charge in [0, 0.05) is 11.1 Å². The Hall–Kier alpha value is -3.66. The maximum Gasteiger partial charge on any atom is 0.325 e. The molecule has 0 unspecified atom stereocenters. The number of rotatable bonds is 5. The highest BCUT2D eigenvalue weighted by molar-refractivity contribution is 6.31. The van der Waals surface area contributed by atoms with Gasteiger partial charge >= 0.3 is 11.7 Å². The van der Waals surface area contributed by atoms with Crippen LogP contribution in [0.15, 0.2) is 36.4 Å². The highest BCUT2D eigenvalue weighted by atomic mass is 35.5. The number of urea groups is 1. The van der Waals surface area contributed by atoms with E-state index in [1.165, 1.54) is 6.92 Å². The summed E-state index contributed by atoms with van der Waals surface area (Å²) in [5.41, 5.74) is -0.822. The summed E-state index contributed by atoms with van der Waals surface area (Å²) in [4.78, 5) is 48.5. The largest absolute Gasteiger partial charge is 0.501 e. The van der Waals surface area contributed by atoms with Gasteiger partial charge in [0.2, 0.25) is 11.7 Å². The number of anilines is 1. The molecule has 0 bridgehead atoms. The van der Waals surface area contributed by atoms with Crippen molar-refractivity contribution in [3.05, 3.63) is 62.7 Å². The van der Waals surface area contributed by atoms with Gasteiger partial charge in [0.05, 0.1) is 10.6 Å². The predicted octanol–water partition coefficient (Wildman–Crippen LogP) is 2.67. The summed E-state index contributed by atoms with van der Waals surface area (Å²) in [6.45, 7) is 2.75. The minimum atomic E-state index is -1.35. The molecule has 11 heteroatoms. The number of phenols is 1. The van der Waals surface area contributed by atoms with Crippen molar-refractivity contribution in [3.8, 4) is 5.75 Å². The number of phenolic OH excluding ortho intramolecular Hbond substituents is 1. The van der Waals surface area contributed by atoms with Crippen molar-refractivity contribution >= 4 is 40.8 Å². The van der Waals surface area contributed by atoms with Gasteiger partial charge in [0.15, 0.2) is 0 Å². The lowest BCUT2D eigenvalue weighted by atomic mass is 9.91. The van der Waals surface area contributed by atoms with Crippen molar-refractivity contribution < 1.29 is 24.4 Å². The SMILES string of the molecule is Cc1ccc([C@@]2(C)NC(=O)N(CC(=O)Nc3cc(Cl)cc([N+](=O)[O-])c3O)C2=O)cc1. The van der Waals surface area contributed by atoms with Crippen molar-refractivity contribution in [1.29, 1.82) is 0 Å². The highest BCUT2D eigenvalue weighted by Gasteiger charge is 2.49. The number of hydrogen-bond donors (Lipinski definition) is 3. The fourth-order valence-corrected chi connectivity index (χ4v) is 3.29. The van der Waals surface area contributed by atoms with Crippen LogP contribution in [-0.2, 0) is 15.1 Å². The standard InChI is InChI=1S/C19H17ClN4O6/c1-10-3-5-11(6-4-10)19(2)17(27)23(18(28)22-19)9-15(25)21-13-7-12(20)8-14(16(13)26)24(29)30/h3-8,26H,9H2,1-2H3,(H,21,25)(H,22,28)/t19-/m1/s1. The molecule has 3 N–H and O–H groups in total. The lowest BCUT2D eigenvalue weighted by molar-refractivity contribution is -0.385. The number of carbonyl (C=O) groups is 3. The van der Waals surface area contributed by atoms with E-state index >= 15 is 0 Å². The number of aryl methyl sites for hydroxylation is 1. The van der Waals surface area contributed by atoms with E-state index in [2.05, 4.69) is 10.6 Å². The molecular formula is C19H17ClN4O6. The molecule has 2 aromatic rings. The minimum Gasteiger partial charge on any atom is -0.501 e. The number of hydrogen-bond acceptors (Lipinski definition) is 6. The van der Waals surface area contributed by atoms with Crippen molar-refractivity contribution in [2.24, 2.45) is 0 Å². The summed E-state index contributed by atoms with van der Waals surface area (Å²) in [7, 11) is 0. The van der Waals surface area contributed by atoms with Gasteiger partial charge in [-0.05, 0) is 25.5 Å². The van der Waals surface area contributed by atoms with E-state index in [-0.39, 0.29) is 10.7 Å². The molecule has 1 atom stereocenters. The number of benzene rings is 2. The third-order valence-corrected chi connectivity index (χ3v) is 4.95. The molecular weight excluding hydrogens is 416 g/mol. The van der Waals surface area contributed by atoms with Crippen LogP contribution in [0.1, 0.15) is 18.1 Å². The summed E-state index contributed by atoms with van der Waals surface area (Å²) in [6.07, 6.45) is 0. The van der Waals surface area contributed by atoms with Gasteiger partial charge in [-0.3, -0.25) is 24.6 Å². The summed E-state index contributed by atoms with van der Waals surface area (Å²) in [6, 6.07) is 8.29. The zero-order valence-electron chi connectivity index (χ0n) is 15.9. The number of amides is 4. The fourth-order valence-electron chi connectivity index (χ4n) is 3.08. The maximum absolute atomic E-state index is 12.9. The second-order valence-corrected chi connectivity index (χ2v) is 7.38. The molecule has 1 saturated heterocycles. The smallest absolute Gasteiger partial charge is 0.325 e. The molecule has 0 aliphatic carbocycles. The maximum atomic E-state index is 12.9. The molecule has 4 amide bonds. The quantitative estimate of drug-likeness (QED) is 0.287. The second-order valence-electron chi connectivity index (χ2n) is 6.94. The first-order chi connectivity index (χ1) is 14.0. The van der Waals surface area contributed by atoms with Gasteiger partial charge in [-0.15, -0.1) is 0 Å². The van der Waals surface area contributed by atoms with E-state index in [0.29, 0.717) is 5.56 Å². The summed E-state index contributed by atoms with van der Waals surface area (Å²) in [5, 5.41) is 25.7. The molecule has 30 heavy (non-hydrogen) atoms. The highest BCUT2D eigenvalue weighted by Crippen LogP contribution is 2.37. The molecule has 0 radical (unpaired) electrons. The average molecular weight is 433 g/mol. The molecule has 1 aliphatic rings. The molecule has 0 aromatic heterocycles. The number of aromatic hydroxyl groups is 1. The zero-order valence-corrected chi connectivity index (χ0v) is 16.7. The molecule has 3 rings (SSSR count). The summed E-state index contributed by atoms with van der Waals surface area (Å²) >= 11 is 5.79. The van der Waals surface area contributed by atoms with E-state index in [9.17, 15) is 29.6 Å². The van der Waals surface area contributed by atoms with Gasteiger partial charge in [-0.25, -0.2) is 4.79 Å². The monoisotopic (exact) mass is 432 g/mol. The summed E-state index contributed by atoms with van der Waals surface area (Å²) in [5.74, 6) is -2.27. The van der Waals surface area contributed by atoms with Crippen LogP contribution in [0, 0.1) is 17.0 Å². The number of imide groups is 1. The van der Waals surface area contributed by atoms with Crippen molar-refractivity contribution in [3.63, 3.8) is 0 Å². The van der Waals surface area contributed by atoms with Crippen LogP contribution >= 0.6 is 11.6 Å². The number of halogens is 1. The van der Waals surface area contributed by atoms with E-state index < -0.39 is 46.3 Å². The second kappa shape index (κ2) is 7.64. The minimum absolute atomic E-state index is 0.0864. The first-order valence-electron chi connectivity index (χ1n) is 8.71. The van der Waals surface area contributed by atoms with Crippen LogP contribution in [0.5, 0.6) is 5.75 Å². The number of carbonyl (C=O) groups excluding carboxylic acids is 3. The Balaban J connectivity index is 1.79. The van der Waals surface area contributed by atoms with E-state index in [1.54, 1.807) is 24.3 Å². The Bertz CT molecular complexity index is 1070. The van der Waals surface area contributed by atoms with Crippen LogP contribution in [0.4, 0.5) is 16.2 Å². The number of nitro groups is 1. The fraction of sp³-hybridized carbons (Fsp3) is 0.211. The van der Waals surface area contributed by atoms with E-state index in [4.69, 9.17) is 11.6 Å². The molecule has 0 saturated carbocycles. The Labute approximate surface area is 175 Å². The molecule has 10 nitrogen and oxygen atoms in total. The van der Waals surface area contributed by atoms with Gasteiger partial charge in [-0.2, -0.15) is 0 Å². The molecule has 156 valence electrons. The normalized spacial score (nSPS) is 18.3. The lowest BCUT2D eigenvalue weighted by Crippen LogP contribution is -2.42.